The zero-order valence-electron chi connectivity index (χ0n) is 16.2. The van der Waals surface area contributed by atoms with Crippen molar-refractivity contribution < 1.29 is 18.4 Å². The number of nitrogens with zero attached hydrogens (tertiary/aromatic N) is 3. The van der Waals surface area contributed by atoms with Crippen LogP contribution in [0.25, 0.3) is 11.5 Å². The molecule has 1 heterocycles. The van der Waals surface area contributed by atoms with Crippen molar-refractivity contribution in [3.05, 3.63) is 65.8 Å². The molecule has 0 aliphatic carbocycles. The van der Waals surface area contributed by atoms with Gasteiger partial charge in [-0.2, -0.15) is 0 Å². The van der Waals surface area contributed by atoms with Crippen LogP contribution in [-0.4, -0.2) is 40.5 Å². The highest BCUT2D eigenvalue weighted by Crippen LogP contribution is 2.18. The average Bonchev–Trinajstić information content (AvgIpc) is 3.15. The second kappa shape index (κ2) is 9.09. The van der Waals surface area contributed by atoms with E-state index in [0.29, 0.717) is 17.5 Å². The van der Waals surface area contributed by atoms with Gasteiger partial charge in [-0.25, -0.2) is 4.39 Å². The molecular formula is C21H21FN4O3. The Labute approximate surface area is 167 Å². The molecule has 1 aromatic heterocycles. The van der Waals surface area contributed by atoms with Crippen LogP contribution in [0.15, 0.2) is 52.9 Å². The first kappa shape index (κ1) is 20.2. The fourth-order valence-corrected chi connectivity index (χ4v) is 2.64. The lowest BCUT2D eigenvalue weighted by Gasteiger charge is -2.16. The van der Waals surface area contributed by atoms with Crippen LogP contribution >= 0.6 is 0 Å². The molecule has 2 amide bonds. The van der Waals surface area contributed by atoms with E-state index in [1.165, 1.54) is 30.1 Å². The summed E-state index contributed by atoms with van der Waals surface area (Å²) in [7, 11) is 1.53. The molecule has 0 saturated heterocycles. The minimum Gasteiger partial charge on any atom is -0.421 e. The first-order valence-corrected chi connectivity index (χ1v) is 9.09. The fourth-order valence-electron chi connectivity index (χ4n) is 2.64. The maximum atomic E-state index is 13.2. The molecule has 0 unspecified atom stereocenters. The fraction of sp³-hybridized carbons (Fsp3) is 0.238. The van der Waals surface area contributed by atoms with Crippen molar-refractivity contribution in [1.29, 1.82) is 0 Å². The van der Waals surface area contributed by atoms with Crippen LogP contribution in [0.1, 0.15) is 17.9 Å². The number of hydrogen-bond acceptors (Lipinski definition) is 5. The summed E-state index contributed by atoms with van der Waals surface area (Å²) >= 11 is 0. The zero-order valence-corrected chi connectivity index (χ0v) is 16.2. The lowest BCUT2D eigenvalue weighted by molar-refractivity contribution is -0.133. The number of rotatable bonds is 7. The maximum absolute atomic E-state index is 13.2. The van der Waals surface area contributed by atoms with Gasteiger partial charge in [0.2, 0.25) is 23.6 Å². The summed E-state index contributed by atoms with van der Waals surface area (Å²) in [4.78, 5) is 25.6. The second-order valence-electron chi connectivity index (χ2n) is 6.68. The second-order valence-corrected chi connectivity index (χ2v) is 6.68. The van der Waals surface area contributed by atoms with Gasteiger partial charge in [-0.1, -0.05) is 23.8 Å². The Morgan fingerprint density at radius 1 is 1.14 bits per heavy atom. The Kier molecular flexibility index (Phi) is 6.33. The summed E-state index contributed by atoms with van der Waals surface area (Å²) in [6.07, 6.45) is 0.396. The molecule has 0 fully saturated rings. The van der Waals surface area contributed by atoms with E-state index in [-0.39, 0.29) is 25.3 Å². The molecule has 0 atom stereocenters. The monoisotopic (exact) mass is 396 g/mol. The molecular weight excluding hydrogens is 375 g/mol. The number of carbonyl (C=O) groups excluding carboxylic acids is 2. The summed E-state index contributed by atoms with van der Waals surface area (Å²) < 4.78 is 18.8. The highest BCUT2D eigenvalue weighted by molar-refractivity contribution is 5.94. The Bertz CT molecular complexity index is 1000. The predicted molar refractivity (Wildman–Crippen MR) is 105 cm³/mol. The van der Waals surface area contributed by atoms with Crippen LogP contribution in [0, 0.1) is 12.7 Å². The number of aryl methyl sites for hydroxylation is 2. The lowest BCUT2D eigenvalue weighted by atomic mass is 10.1. The number of carbonyl (C=O) groups is 2. The van der Waals surface area contributed by atoms with Gasteiger partial charge in [0.05, 0.1) is 6.54 Å². The van der Waals surface area contributed by atoms with Crippen LogP contribution in [0.2, 0.25) is 0 Å². The van der Waals surface area contributed by atoms with Crippen molar-refractivity contribution in [1.82, 2.24) is 15.1 Å². The summed E-state index contributed by atoms with van der Waals surface area (Å²) in [5, 5.41) is 10.5. The van der Waals surface area contributed by atoms with E-state index in [4.69, 9.17) is 4.42 Å². The lowest BCUT2D eigenvalue weighted by Crippen LogP contribution is -2.35. The van der Waals surface area contributed by atoms with Gasteiger partial charge in [-0.3, -0.25) is 9.59 Å². The molecule has 150 valence electrons. The van der Waals surface area contributed by atoms with Gasteiger partial charge >= 0.3 is 0 Å². The summed E-state index contributed by atoms with van der Waals surface area (Å²) in [5.41, 5.74) is 2.28. The van der Waals surface area contributed by atoms with E-state index in [1.54, 1.807) is 6.07 Å². The zero-order chi connectivity index (χ0) is 20.8. The summed E-state index contributed by atoms with van der Waals surface area (Å²) in [5.74, 6) is -0.348. The Morgan fingerprint density at radius 2 is 1.90 bits per heavy atom. The third kappa shape index (κ3) is 5.71. The number of likely N-dealkylation sites (N-methyl/N-ethyl adjacent to an activating group) is 1. The maximum Gasteiger partial charge on any atom is 0.247 e. The number of halogens is 1. The molecule has 7 nitrogen and oxygen atoms in total. The number of benzene rings is 2. The van der Waals surface area contributed by atoms with Gasteiger partial charge in [0.25, 0.3) is 0 Å². The molecule has 0 saturated carbocycles. The Morgan fingerprint density at radius 3 is 2.62 bits per heavy atom. The number of nitrogens with one attached hydrogen (secondary N) is 1. The third-order valence-electron chi connectivity index (χ3n) is 4.23. The van der Waals surface area contributed by atoms with Crippen LogP contribution in [0.4, 0.5) is 10.1 Å². The van der Waals surface area contributed by atoms with Gasteiger partial charge in [-0.15, -0.1) is 10.2 Å². The van der Waals surface area contributed by atoms with E-state index >= 15 is 0 Å². The third-order valence-corrected chi connectivity index (χ3v) is 4.23. The van der Waals surface area contributed by atoms with Gasteiger partial charge in [-0.05, 0) is 37.3 Å². The molecule has 0 bridgehead atoms. The average molecular weight is 396 g/mol. The topological polar surface area (TPSA) is 88.3 Å². The minimum absolute atomic E-state index is 0.124. The van der Waals surface area contributed by atoms with E-state index in [2.05, 4.69) is 15.5 Å². The van der Waals surface area contributed by atoms with Gasteiger partial charge < -0.3 is 14.6 Å². The van der Waals surface area contributed by atoms with Crippen molar-refractivity contribution >= 4 is 17.5 Å². The Balaban J connectivity index is 1.48. The minimum atomic E-state index is -0.447. The van der Waals surface area contributed by atoms with Crippen molar-refractivity contribution in [2.45, 2.75) is 19.8 Å². The van der Waals surface area contributed by atoms with Gasteiger partial charge in [0.15, 0.2) is 0 Å². The molecule has 0 aliphatic heterocycles. The van der Waals surface area contributed by atoms with E-state index in [1.807, 2.05) is 31.2 Å². The van der Waals surface area contributed by atoms with E-state index in [0.717, 1.165) is 11.1 Å². The van der Waals surface area contributed by atoms with E-state index in [9.17, 15) is 14.0 Å². The van der Waals surface area contributed by atoms with Crippen molar-refractivity contribution in [3.63, 3.8) is 0 Å². The van der Waals surface area contributed by atoms with Crippen molar-refractivity contribution in [3.8, 4) is 11.5 Å². The molecule has 3 rings (SSSR count). The number of anilines is 1. The molecule has 3 aromatic rings. The van der Waals surface area contributed by atoms with Gasteiger partial charge in [0, 0.05) is 31.1 Å². The van der Waals surface area contributed by atoms with Crippen molar-refractivity contribution in [2.24, 2.45) is 0 Å². The first-order chi connectivity index (χ1) is 13.9. The summed E-state index contributed by atoms with van der Waals surface area (Å²) in [6.45, 7) is 1.84. The molecule has 8 heteroatoms. The van der Waals surface area contributed by atoms with Crippen LogP contribution in [-0.2, 0) is 16.0 Å². The quantitative estimate of drug-likeness (QED) is 0.663. The Hall–Kier alpha value is -3.55. The van der Waals surface area contributed by atoms with Crippen LogP contribution in [0.3, 0.4) is 0 Å². The van der Waals surface area contributed by atoms with Crippen LogP contribution in [0.5, 0.6) is 0 Å². The summed E-state index contributed by atoms with van der Waals surface area (Å²) in [6, 6.07) is 13.2. The number of amides is 2. The highest BCUT2D eigenvalue weighted by Gasteiger charge is 2.15. The largest absolute Gasteiger partial charge is 0.421 e. The normalized spacial score (nSPS) is 10.6. The standard InChI is InChI=1S/C21H21FN4O3/c1-14-6-8-15(9-7-14)21-25-24-19(29-21)10-11-20(28)26(2)13-18(27)23-17-5-3-4-16(22)12-17/h3-9,12H,10-11,13H2,1-2H3,(H,23,27). The SMILES string of the molecule is Cc1ccc(-c2nnc(CCC(=O)N(C)CC(=O)Nc3cccc(F)c3)o2)cc1. The molecule has 2 aromatic carbocycles. The molecule has 0 radical (unpaired) electrons. The smallest absolute Gasteiger partial charge is 0.247 e. The number of aromatic nitrogens is 2. The molecule has 1 N–H and O–H groups in total. The van der Waals surface area contributed by atoms with E-state index < -0.39 is 11.7 Å². The highest BCUT2D eigenvalue weighted by atomic mass is 19.1. The number of hydrogen-bond donors (Lipinski definition) is 1. The molecule has 0 spiro atoms. The first-order valence-electron chi connectivity index (χ1n) is 9.09. The van der Waals surface area contributed by atoms with Crippen LogP contribution < -0.4 is 5.32 Å². The molecule has 29 heavy (non-hydrogen) atoms. The van der Waals surface area contributed by atoms with Gasteiger partial charge in [0.1, 0.15) is 5.82 Å². The van der Waals surface area contributed by atoms with Crippen molar-refractivity contribution in [2.75, 3.05) is 18.9 Å². The predicted octanol–water partition coefficient (Wildman–Crippen LogP) is 3.21. The molecule has 0 aliphatic rings.